The lowest BCUT2D eigenvalue weighted by Crippen LogP contribution is -2.25. The van der Waals surface area contributed by atoms with Gasteiger partial charge in [0.15, 0.2) is 0 Å². The van der Waals surface area contributed by atoms with Crippen LogP contribution in [0.15, 0.2) is 60.7 Å². The van der Waals surface area contributed by atoms with Crippen LogP contribution in [0.2, 0.25) is 0 Å². The molecule has 0 N–H and O–H groups in total. The Kier molecular flexibility index (Phi) is 2.60. The third-order valence-corrected chi connectivity index (χ3v) is 4.88. The third-order valence-electron chi connectivity index (χ3n) is 4.88. The topological polar surface area (TPSA) is 9.23 Å². The van der Waals surface area contributed by atoms with Crippen molar-refractivity contribution < 1.29 is 8.85 Å². The maximum Gasteiger partial charge on any atom is 0.139 e. The van der Waals surface area contributed by atoms with E-state index < -0.39 is 12.3 Å². The van der Waals surface area contributed by atoms with Gasteiger partial charge in [-0.15, -0.1) is 0 Å². The third kappa shape index (κ3) is 2.16. The fourth-order valence-corrected chi connectivity index (χ4v) is 3.67. The molecule has 1 heterocycles. The second kappa shape index (κ2) is 5.24. The van der Waals surface area contributed by atoms with Crippen LogP contribution < -0.4 is 4.74 Å². The number of hydrogen-bond donors (Lipinski definition) is 0. The van der Waals surface area contributed by atoms with E-state index in [1.807, 2.05) is 55.5 Å². The highest BCUT2D eigenvalue weighted by atomic mass is 16.5. The Hall–Kier alpha value is -2.54. The summed E-state index contributed by atoms with van der Waals surface area (Å²) in [6, 6.07) is 19.7. The van der Waals surface area contributed by atoms with Gasteiger partial charge in [0.25, 0.3) is 0 Å². The van der Waals surface area contributed by atoms with Gasteiger partial charge in [0.05, 0.1) is 0 Å². The van der Waals surface area contributed by atoms with Gasteiger partial charge >= 0.3 is 0 Å². The Morgan fingerprint density at radius 3 is 2.58 bits per heavy atom. The Bertz CT molecular complexity index is 1030. The van der Waals surface area contributed by atoms with E-state index >= 15 is 0 Å². The van der Waals surface area contributed by atoms with E-state index in [4.69, 9.17) is 8.85 Å². The van der Waals surface area contributed by atoms with Crippen LogP contribution in [-0.4, -0.2) is 0 Å². The van der Waals surface area contributed by atoms with Gasteiger partial charge in [0.2, 0.25) is 0 Å². The molecular weight excluding hydrogens is 292 g/mol. The van der Waals surface area contributed by atoms with E-state index in [9.17, 15) is 0 Å². The van der Waals surface area contributed by atoms with Crippen LogP contribution in [0.4, 0.5) is 0 Å². The van der Waals surface area contributed by atoms with E-state index in [2.05, 4.69) is 19.9 Å². The highest BCUT2D eigenvalue weighted by Gasteiger charge is 2.36. The lowest BCUT2D eigenvalue weighted by molar-refractivity contribution is 0.418. The van der Waals surface area contributed by atoms with Crippen molar-refractivity contribution in [2.45, 2.75) is 33.0 Å². The summed E-state index contributed by atoms with van der Waals surface area (Å²) < 4.78 is 30.5. The maximum atomic E-state index is 8.06. The number of fused-ring (bicyclic) bond motifs is 2. The minimum atomic E-state index is -2.21. The molecule has 24 heavy (non-hydrogen) atoms. The van der Waals surface area contributed by atoms with Gasteiger partial charge in [-0.3, -0.25) is 0 Å². The second-order valence-corrected chi connectivity index (χ2v) is 6.96. The zero-order valence-electron chi connectivity index (χ0n) is 17.2. The first-order chi connectivity index (χ1) is 12.7. The number of aryl methyl sites for hydroxylation is 2. The van der Waals surface area contributed by atoms with E-state index in [0.29, 0.717) is 11.3 Å². The Morgan fingerprint density at radius 1 is 0.958 bits per heavy atom. The molecule has 1 aliphatic rings. The van der Waals surface area contributed by atoms with Crippen LogP contribution in [0.1, 0.15) is 40.2 Å². The monoisotopic (exact) mass is 317 g/mol. The molecule has 0 amide bonds. The number of ether oxygens (including phenoxy) is 1. The number of hydrogen-bond acceptors (Lipinski definition) is 1. The molecule has 0 bridgehead atoms. The Labute approximate surface area is 148 Å². The lowest BCUT2D eigenvalue weighted by Gasteiger charge is -2.36. The van der Waals surface area contributed by atoms with Crippen LogP contribution >= 0.6 is 0 Å². The Morgan fingerprint density at radius 2 is 1.79 bits per heavy atom. The van der Waals surface area contributed by atoms with Crippen molar-refractivity contribution in [3.8, 4) is 22.6 Å². The van der Waals surface area contributed by atoms with Crippen molar-refractivity contribution in [2.24, 2.45) is 0 Å². The normalized spacial score (nSPS) is 16.9. The first-order valence-corrected chi connectivity index (χ1v) is 8.22. The largest absolute Gasteiger partial charge is 0.456 e. The average Bonchev–Trinajstić information content (AvgIpc) is 2.60. The van der Waals surface area contributed by atoms with Crippen LogP contribution in [0.3, 0.4) is 0 Å². The van der Waals surface area contributed by atoms with Gasteiger partial charge in [-0.05, 0) is 31.0 Å². The molecule has 0 radical (unpaired) electrons. The molecule has 1 aliphatic heterocycles. The van der Waals surface area contributed by atoms with Gasteiger partial charge < -0.3 is 4.74 Å². The van der Waals surface area contributed by atoms with E-state index in [-0.39, 0.29) is 0 Å². The molecule has 0 saturated heterocycles. The molecule has 3 aromatic carbocycles. The molecule has 3 aromatic rings. The van der Waals surface area contributed by atoms with Crippen molar-refractivity contribution in [3.05, 3.63) is 82.9 Å². The summed E-state index contributed by atoms with van der Waals surface area (Å²) in [5.74, 6) is 1.43. The first kappa shape index (κ1) is 11.9. The summed E-state index contributed by atoms with van der Waals surface area (Å²) in [6.07, 6.45) is 0. The molecule has 0 spiro atoms. The first-order valence-electron chi connectivity index (χ1n) is 9.72. The standard InChI is InChI=1S/C23H22O/c1-15-8-7-9-17(14-15)18-13-12-16(2)21-22(18)24-20-11-6-5-10-19(20)23(21,3)4/h5-14H,1-4H3/i2D3. The average molecular weight is 317 g/mol. The second-order valence-electron chi connectivity index (χ2n) is 6.96. The maximum absolute atomic E-state index is 8.06. The van der Waals surface area contributed by atoms with Crippen molar-refractivity contribution in [1.29, 1.82) is 0 Å². The fraction of sp³-hybridized carbons (Fsp3) is 0.217. The highest BCUT2D eigenvalue weighted by Crippen LogP contribution is 2.52. The van der Waals surface area contributed by atoms with Crippen molar-refractivity contribution in [3.63, 3.8) is 0 Å². The van der Waals surface area contributed by atoms with Crippen LogP contribution in [0.25, 0.3) is 11.1 Å². The van der Waals surface area contributed by atoms with E-state index in [0.717, 1.165) is 33.6 Å². The van der Waals surface area contributed by atoms with Gasteiger partial charge in [0.1, 0.15) is 11.5 Å². The van der Waals surface area contributed by atoms with Crippen molar-refractivity contribution in [1.82, 2.24) is 0 Å². The molecule has 120 valence electrons. The number of benzene rings is 3. The predicted molar refractivity (Wildman–Crippen MR) is 100.0 cm³/mol. The molecule has 0 saturated carbocycles. The zero-order chi connectivity index (χ0) is 19.4. The molecule has 1 heteroatoms. The van der Waals surface area contributed by atoms with Crippen LogP contribution in [0, 0.1) is 13.8 Å². The van der Waals surface area contributed by atoms with E-state index in [1.165, 1.54) is 0 Å². The molecule has 0 aliphatic carbocycles. The molecule has 0 unspecified atom stereocenters. The summed E-state index contributed by atoms with van der Waals surface area (Å²) in [4.78, 5) is 0. The summed E-state index contributed by atoms with van der Waals surface area (Å²) in [6.45, 7) is 3.99. The van der Waals surface area contributed by atoms with Gasteiger partial charge in [-0.2, -0.15) is 0 Å². The van der Waals surface area contributed by atoms with Gasteiger partial charge in [0, 0.05) is 26.2 Å². The summed E-state index contributed by atoms with van der Waals surface area (Å²) in [5.41, 5.74) is 4.73. The molecule has 0 fully saturated rings. The zero-order valence-corrected chi connectivity index (χ0v) is 14.2. The minimum absolute atomic E-state index is 0.355. The van der Waals surface area contributed by atoms with Gasteiger partial charge in [-0.25, -0.2) is 0 Å². The van der Waals surface area contributed by atoms with Crippen LogP contribution in [0.5, 0.6) is 11.5 Å². The lowest BCUT2D eigenvalue weighted by atomic mass is 9.73. The van der Waals surface area contributed by atoms with Crippen molar-refractivity contribution in [2.75, 3.05) is 0 Å². The van der Waals surface area contributed by atoms with E-state index in [1.54, 1.807) is 6.07 Å². The molecular formula is C23H22O. The SMILES string of the molecule is [2H]C([2H])([2H])c1ccc(-c2cccc(C)c2)c2c1C(C)(C)c1ccccc1O2. The van der Waals surface area contributed by atoms with Crippen molar-refractivity contribution >= 4 is 0 Å². The molecule has 0 atom stereocenters. The van der Waals surface area contributed by atoms with Crippen LogP contribution in [-0.2, 0) is 5.41 Å². The number of rotatable bonds is 1. The number of para-hydroxylation sites is 1. The quantitative estimate of drug-likeness (QED) is 0.504. The smallest absolute Gasteiger partial charge is 0.139 e. The summed E-state index contributed by atoms with van der Waals surface area (Å²) in [7, 11) is 0. The summed E-state index contributed by atoms with van der Waals surface area (Å²) in [5, 5.41) is 0. The predicted octanol–water partition coefficient (Wildman–Crippen LogP) is 6.40. The highest BCUT2D eigenvalue weighted by molar-refractivity contribution is 5.77. The molecule has 4 rings (SSSR count). The summed E-state index contributed by atoms with van der Waals surface area (Å²) >= 11 is 0. The molecule has 0 aromatic heterocycles. The molecule has 1 nitrogen and oxygen atoms in total. The van der Waals surface area contributed by atoms with Gasteiger partial charge in [-0.1, -0.05) is 74.0 Å². The minimum Gasteiger partial charge on any atom is -0.456 e. The Balaban J connectivity index is 2.06. The fourth-order valence-electron chi connectivity index (χ4n) is 3.67.